The highest BCUT2D eigenvalue weighted by Crippen LogP contribution is 2.56. The summed E-state index contributed by atoms with van der Waals surface area (Å²) in [7, 11) is 0. The molecule has 1 spiro atoms. The number of aromatic nitrogens is 6. The Morgan fingerprint density at radius 3 is 2.64 bits per heavy atom. The van der Waals surface area contributed by atoms with Crippen LogP contribution in [0.4, 0.5) is 5.95 Å². The number of H-pyrrole nitrogens is 2. The third-order valence-electron chi connectivity index (χ3n) is 9.05. The summed E-state index contributed by atoms with van der Waals surface area (Å²) >= 11 is 1.69. The summed E-state index contributed by atoms with van der Waals surface area (Å²) in [5.74, 6) is 1.19. The summed E-state index contributed by atoms with van der Waals surface area (Å²) in [4.78, 5) is 23.4. The lowest BCUT2D eigenvalue weighted by Gasteiger charge is -2.42. The number of rotatable bonds is 4. The molecular formula is C26H28N8OS. The van der Waals surface area contributed by atoms with Gasteiger partial charge in [-0.15, -0.1) is 21.5 Å². The molecule has 8 rings (SSSR count). The van der Waals surface area contributed by atoms with Crippen LogP contribution >= 0.6 is 11.3 Å². The van der Waals surface area contributed by atoms with Gasteiger partial charge < -0.3 is 10.6 Å². The van der Waals surface area contributed by atoms with E-state index >= 15 is 0 Å². The van der Waals surface area contributed by atoms with E-state index in [4.69, 9.17) is 10.7 Å². The summed E-state index contributed by atoms with van der Waals surface area (Å²) in [5.41, 5.74) is 10.4. The number of fused-ring (bicyclic) bond motifs is 2. The second-order valence-electron chi connectivity index (χ2n) is 11.2. The molecule has 3 aliphatic carbocycles. The molecule has 1 aliphatic heterocycles. The van der Waals surface area contributed by atoms with Crippen molar-refractivity contribution in [2.45, 2.75) is 62.3 Å². The van der Waals surface area contributed by atoms with Crippen molar-refractivity contribution in [2.24, 2.45) is 11.1 Å². The van der Waals surface area contributed by atoms with Crippen molar-refractivity contribution in [3.05, 3.63) is 61.5 Å². The second-order valence-corrected chi connectivity index (χ2v) is 12.2. The van der Waals surface area contributed by atoms with E-state index in [0.717, 1.165) is 60.9 Å². The van der Waals surface area contributed by atoms with Crippen LogP contribution in [0.2, 0.25) is 0 Å². The first kappa shape index (κ1) is 21.0. The molecule has 4 heterocycles. The van der Waals surface area contributed by atoms with Crippen LogP contribution in [0.1, 0.15) is 77.3 Å². The quantitative estimate of drug-likeness (QED) is 0.392. The summed E-state index contributed by atoms with van der Waals surface area (Å²) < 4.78 is 0. The number of nitrogens with one attached hydrogen (secondary N) is 2. The topological polar surface area (TPSA) is 129 Å². The van der Waals surface area contributed by atoms with Crippen LogP contribution in [0.25, 0.3) is 11.0 Å². The third kappa shape index (κ3) is 2.94. The Balaban J connectivity index is 1.07. The number of piperidine rings is 1. The smallest absolute Gasteiger partial charge is 0.263 e. The van der Waals surface area contributed by atoms with Crippen molar-refractivity contribution >= 4 is 28.3 Å². The van der Waals surface area contributed by atoms with Gasteiger partial charge in [-0.3, -0.25) is 14.9 Å². The standard InChI is InChI=1S/C26H28N8OS/c27-18-16-4-2-1-3-15(16)13-25(18)9-11-34(12-10-25)24-28-20-17(21(35)29-24)19(30-31-20)26(7-8-26)23-33-32-22(36-23)14-5-6-14/h1-4,14,18H,5-13,27H2,(H2,28,29,30,31,35)/t18-/m1/s1. The summed E-state index contributed by atoms with van der Waals surface area (Å²) in [6, 6.07) is 8.63. The molecule has 0 amide bonds. The molecule has 0 radical (unpaired) electrons. The number of nitrogens with two attached hydrogens (primary N) is 1. The monoisotopic (exact) mass is 500 g/mol. The lowest BCUT2D eigenvalue weighted by atomic mass is 9.73. The summed E-state index contributed by atoms with van der Waals surface area (Å²) in [5, 5.41) is 19.3. The fourth-order valence-corrected chi connectivity index (χ4v) is 7.75. The first-order valence-electron chi connectivity index (χ1n) is 13.0. The van der Waals surface area contributed by atoms with Crippen LogP contribution < -0.4 is 16.2 Å². The van der Waals surface area contributed by atoms with Gasteiger partial charge in [0.1, 0.15) is 15.4 Å². The molecule has 10 heteroatoms. The predicted octanol–water partition coefficient (Wildman–Crippen LogP) is 3.30. The third-order valence-corrected chi connectivity index (χ3v) is 10.3. The van der Waals surface area contributed by atoms with Crippen molar-refractivity contribution in [1.82, 2.24) is 30.4 Å². The minimum atomic E-state index is -0.301. The first-order valence-corrected chi connectivity index (χ1v) is 13.8. The van der Waals surface area contributed by atoms with Crippen LogP contribution in [-0.4, -0.2) is 43.5 Å². The fraction of sp³-hybridized carbons (Fsp3) is 0.500. The van der Waals surface area contributed by atoms with Gasteiger partial charge in [0, 0.05) is 25.0 Å². The zero-order chi connectivity index (χ0) is 24.1. The van der Waals surface area contributed by atoms with E-state index in [2.05, 4.69) is 54.5 Å². The predicted molar refractivity (Wildman–Crippen MR) is 137 cm³/mol. The molecule has 1 saturated heterocycles. The molecule has 0 unspecified atom stereocenters. The maximum absolute atomic E-state index is 13.4. The molecule has 36 heavy (non-hydrogen) atoms. The van der Waals surface area contributed by atoms with E-state index in [1.165, 1.54) is 24.0 Å². The highest BCUT2D eigenvalue weighted by atomic mass is 32.1. The van der Waals surface area contributed by atoms with Gasteiger partial charge in [0.25, 0.3) is 5.56 Å². The van der Waals surface area contributed by atoms with E-state index in [1.807, 2.05) is 0 Å². The van der Waals surface area contributed by atoms with Gasteiger partial charge in [-0.2, -0.15) is 10.1 Å². The zero-order valence-corrected chi connectivity index (χ0v) is 20.8. The van der Waals surface area contributed by atoms with Crippen molar-refractivity contribution in [1.29, 1.82) is 0 Å². The highest BCUT2D eigenvalue weighted by molar-refractivity contribution is 7.11. The van der Waals surface area contributed by atoms with Crippen LogP contribution in [0.5, 0.6) is 0 Å². The molecule has 4 aliphatic rings. The summed E-state index contributed by atoms with van der Waals surface area (Å²) in [6.07, 6.45) is 7.26. The van der Waals surface area contributed by atoms with E-state index in [1.54, 1.807) is 11.3 Å². The van der Waals surface area contributed by atoms with Crippen molar-refractivity contribution in [3.8, 4) is 0 Å². The number of aromatic amines is 2. The van der Waals surface area contributed by atoms with E-state index in [-0.39, 0.29) is 22.4 Å². The molecule has 3 fully saturated rings. The van der Waals surface area contributed by atoms with Crippen molar-refractivity contribution < 1.29 is 0 Å². The van der Waals surface area contributed by atoms with E-state index in [0.29, 0.717) is 22.9 Å². The average molecular weight is 501 g/mol. The Hall–Kier alpha value is -3.11. The molecule has 4 N–H and O–H groups in total. The van der Waals surface area contributed by atoms with Crippen molar-refractivity contribution in [2.75, 3.05) is 18.0 Å². The number of hydrogen-bond acceptors (Lipinski definition) is 8. The number of benzene rings is 1. The van der Waals surface area contributed by atoms with Crippen molar-refractivity contribution in [3.63, 3.8) is 0 Å². The van der Waals surface area contributed by atoms with Crippen LogP contribution in [0, 0.1) is 5.41 Å². The summed E-state index contributed by atoms with van der Waals surface area (Å²) in [6.45, 7) is 1.63. The Labute approximate surface area is 211 Å². The lowest BCUT2D eigenvalue weighted by Crippen LogP contribution is -2.45. The minimum Gasteiger partial charge on any atom is -0.342 e. The number of nitrogens with zero attached hydrogens (tertiary/aromatic N) is 5. The van der Waals surface area contributed by atoms with Crippen LogP contribution in [0.3, 0.4) is 0 Å². The lowest BCUT2D eigenvalue weighted by molar-refractivity contribution is 0.187. The van der Waals surface area contributed by atoms with Gasteiger partial charge in [-0.05, 0) is 61.5 Å². The Kier molecular flexibility index (Phi) is 4.22. The molecule has 1 aromatic carbocycles. The Morgan fingerprint density at radius 2 is 1.89 bits per heavy atom. The van der Waals surface area contributed by atoms with Gasteiger partial charge in [0.15, 0.2) is 5.65 Å². The van der Waals surface area contributed by atoms with E-state index in [9.17, 15) is 4.79 Å². The molecule has 184 valence electrons. The molecule has 4 aromatic rings. The SMILES string of the molecule is N[C@@H]1c2ccccc2CC12CCN(c1nc3[nH]nc(C4(c5nnc(C6CC6)s5)CC4)c3c(=O)[nH]1)CC2. The Bertz CT molecular complexity index is 1550. The van der Waals surface area contributed by atoms with Gasteiger partial charge >= 0.3 is 0 Å². The normalized spacial score (nSPS) is 23.9. The van der Waals surface area contributed by atoms with Crippen LogP contribution in [-0.2, 0) is 11.8 Å². The molecular weight excluding hydrogens is 472 g/mol. The van der Waals surface area contributed by atoms with Gasteiger partial charge in [0.05, 0.1) is 11.1 Å². The molecule has 9 nitrogen and oxygen atoms in total. The fourth-order valence-electron chi connectivity index (χ4n) is 6.49. The maximum atomic E-state index is 13.4. The van der Waals surface area contributed by atoms with E-state index < -0.39 is 0 Å². The van der Waals surface area contributed by atoms with Gasteiger partial charge in [0.2, 0.25) is 5.95 Å². The number of anilines is 1. The maximum Gasteiger partial charge on any atom is 0.263 e. The average Bonchev–Trinajstić information content (AvgIpc) is 3.79. The second kappa shape index (κ2) is 7.23. The molecule has 3 aromatic heterocycles. The Morgan fingerprint density at radius 1 is 1.08 bits per heavy atom. The number of hydrogen-bond donors (Lipinski definition) is 3. The van der Waals surface area contributed by atoms with Gasteiger partial charge in [-0.25, -0.2) is 0 Å². The molecule has 0 bridgehead atoms. The molecule has 1 atom stereocenters. The minimum absolute atomic E-state index is 0.0658. The molecule has 2 saturated carbocycles. The van der Waals surface area contributed by atoms with Crippen LogP contribution in [0.15, 0.2) is 29.1 Å². The first-order chi connectivity index (χ1) is 17.6. The van der Waals surface area contributed by atoms with Gasteiger partial charge in [-0.1, -0.05) is 24.3 Å². The largest absolute Gasteiger partial charge is 0.342 e. The zero-order valence-electron chi connectivity index (χ0n) is 20.0. The highest BCUT2D eigenvalue weighted by Gasteiger charge is 2.53.